The lowest BCUT2D eigenvalue weighted by atomic mass is 10.1. The summed E-state index contributed by atoms with van der Waals surface area (Å²) in [6.07, 6.45) is 1.64. The summed E-state index contributed by atoms with van der Waals surface area (Å²) in [6, 6.07) is 18.9. The molecule has 4 rings (SSSR count). The van der Waals surface area contributed by atoms with Crippen LogP contribution in [0.5, 0.6) is 0 Å². The fraction of sp³-hybridized carbons (Fsp3) is 0.0800. The van der Waals surface area contributed by atoms with Gasteiger partial charge < -0.3 is 10.6 Å². The molecule has 0 saturated heterocycles. The Labute approximate surface area is 199 Å². The van der Waals surface area contributed by atoms with Gasteiger partial charge in [0, 0.05) is 42.2 Å². The summed E-state index contributed by atoms with van der Waals surface area (Å²) in [5.41, 5.74) is 2.47. The number of nitrogens with zero attached hydrogens (tertiary/aromatic N) is 3. The number of para-hydroxylation sites is 1. The minimum absolute atomic E-state index is 0.0567. The maximum absolute atomic E-state index is 13.9. The summed E-state index contributed by atoms with van der Waals surface area (Å²) < 4.78 is 15.6. The van der Waals surface area contributed by atoms with Gasteiger partial charge in [0.05, 0.1) is 28.3 Å². The molecule has 0 radical (unpaired) electrons. The number of halogens is 1. The van der Waals surface area contributed by atoms with Gasteiger partial charge in [-0.15, -0.1) is 0 Å². The van der Waals surface area contributed by atoms with E-state index < -0.39 is 22.6 Å². The lowest BCUT2D eigenvalue weighted by Crippen LogP contribution is -2.20. The number of nitro benzene ring substituents is 1. The molecule has 0 spiro atoms. The lowest BCUT2D eigenvalue weighted by Gasteiger charge is -2.08. The third-order valence-corrected chi connectivity index (χ3v) is 5.24. The van der Waals surface area contributed by atoms with Crippen LogP contribution in [-0.2, 0) is 11.2 Å². The number of aromatic nitrogens is 2. The van der Waals surface area contributed by atoms with Crippen LogP contribution in [0.1, 0.15) is 15.9 Å². The molecule has 0 bridgehead atoms. The average Bonchev–Trinajstić information content (AvgIpc) is 3.28. The van der Waals surface area contributed by atoms with Gasteiger partial charge in [-0.05, 0) is 42.5 Å². The summed E-state index contributed by atoms with van der Waals surface area (Å²) in [5.74, 6) is -1.72. The highest BCUT2D eigenvalue weighted by Gasteiger charge is 2.18. The van der Waals surface area contributed by atoms with Crippen molar-refractivity contribution in [3.63, 3.8) is 0 Å². The second kappa shape index (κ2) is 9.96. The smallest absolute Gasteiger partial charge is 0.269 e. The van der Waals surface area contributed by atoms with Crippen LogP contribution < -0.4 is 10.6 Å². The normalized spacial score (nSPS) is 10.6. The van der Waals surface area contributed by atoms with E-state index in [4.69, 9.17) is 0 Å². The zero-order valence-electron chi connectivity index (χ0n) is 18.6. The molecule has 0 aliphatic heterocycles. The molecule has 1 heterocycles. The quantitative estimate of drug-likeness (QED) is 0.309. The van der Waals surface area contributed by atoms with Crippen LogP contribution in [0.4, 0.5) is 15.8 Å². The standard InChI is InChI=1S/C25H20FN5O4/c1-27-25(33)21-14-18(9-12-22(21)26)28-23(32)13-17-15-30(19-5-3-2-4-6-19)29-24(17)16-7-10-20(11-8-16)31(34)35/h2-12,14-15H,13H2,1H3,(H,27,33)(H,28,32). The summed E-state index contributed by atoms with van der Waals surface area (Å²) in [6.45, 7) is 0. The predicted molar refractivity (Wildman–Crippen MR) is 128 cm³/mol. The van der Waals surface area contributed by atoms with Gasteiger partial charge in [-0.25, -0.2) is 9.07 Å². The van der Waals surface area contributed by atoms with Crippen molar-refractivity contribution in [1.82, 2.24) is 15.1 Å². The first kappa shape index (κ1) is 23.3. The van der Waals surface area contributed by atoms with Crippen molar-refractivity contribution < 1.29 is 18.9 Å². The van der Waals surface area contributed by atoms with Crippen LogP contribution in [0, 0.1) is 15.9 Å². The molecule has 0 fully saturated rings. The van der Waals surface area contributed by atoms with Crippen molar-refractivity contribution in [1.29, 1.82) is 0 Å². The molecule has 9 nitrogen and oxygen atoms in total. The molecule has 0 aliphatic rings. The number of hydrogen-bond donors (Lipinski definition) is 2. The van der Waals surface area contributed by atoms with Crippen molar-refractivity contribution in [2.45, 2.75) is 6.42 Å². The second-order valence-corrected chi connectivity index (χ2v) is 7.59. The molecule has 10 heteroatoms. The monoisotopic (exact) mass is 473 g/mol. The molecule has 1 aromatic heterocycles. The Morgan fingerprint density at radius 2 is 1.77 bits per heavy atom. The Kier molecular flexibility index (Phi) is 6.63. The van der Waals surface area contributed by atoms with Gasteiger partial charge in [0.2, 0.25) is 5.91 Å². The molecule has 176 valence electrons. The first-order valence-corrected chi connectivity index (χ1v) is 10.6. The Bertz CT molecular complexity index is 1400. The molecular weight excluding hydrogens is 453 g/mol. The SMILES string of the molecule is CNC(=O)c1cc(NC(=O)Cc2cn(-c3ccccc3)nc2-c2ccc([N+](=O)[O-])cc2)ccc1F. The van der Waals surface area contributed by atoms with Crippen molar-refractivity contribution in [3.05, 3.63) is 106 Å². The maximum atomic E-state index is 13.9. The molecule has 4 aromatic rings. The van der Waals surface area contributed by atoms with Gasteiger partial charge in [-0.3, -0.25) is 19.7 Å². The lowest BCUT2D eigenvalue weighted by molar-refractivity contribution is -0.384. The fourth-order valence-corrected chi connectivity index (χ4v) is 3.53. The van der Waals surface area contributed by atoms with Gasteiger partial charge in [0.1, 0.15) is 5.82 Å². The third-order valence-electron chi connectivity index (χ3n) is 5.24. The van der Waals surface area contributed by atoms with Crippen LogP contribution in [0.15, 0.2) is 79.0 Å². The number of nitrogens with one attached hydrogen (secondary N) is 2. The molecule has 2 N–H and O–H groups in total. The Balaban J connectivity index is 1.64. The van der Waals surface area contributed by atoms with Gasteiger partial charge in [-0.1, -0.05) is 18.2 Å². The minimum atomic E-state index is -0.702. The molecule has 0 aliphatic carbocycles. The van der Waals surface area contributed by atoms with Gasteiger partial charge >= 0.3 is 0 Å². The van der Waals surface area contributed by atoms with Crippen molar-refractivity contribution >= 4 is 23.2 Å². The Morgan fingerprint density at radius 3 is 2.43 bits per heavy atom. The zero-order valence-corrected chi connectivity index (χ0v) is 18.6. The molecular formula is C25H20FN5O4. The summed E-state index contributed by atoms with van der Waals surface area (Å²) in [4.78, 5) is 35.2. The van der Waals surface area contributed by atoms with E-state index in [-0.39, 0.29) is 23.4 Å². The summed E-state index contributed by atoms with van der Waals surface area (Å²) in [7, 11) is 1.39. The van der Waals surface area contributed by atoms with Crippen molar-refractivity contribution in [3.8, 4) is 16.9 Å². The van der Waals surface area contributed by atoms with Gasteiger partial charge in [0.25, 0.3) is 11.6 Å². The van der Waals surface area contributed by atoms with Crippen LogP contribution >= 0.6 is 0 Å². The van der Waals surface area contributed by atoms with Crippen LogP contribution in [0.2, 0.25) is 0 Å². The van der Waals surface area contributed by atoms with E-state index in [2.05, 4.69) is 15.7 Å². The van der Waals surface area contributed by atoms with Crippen LogP contribution in [-0.4, -0.2) is 33.6 Å². The Morgan fingerprint density at radius 1 is 1.06 bits per heavy atom. The largest absolute Gasteiger partial charge is 0.355 e. The van der Waals surface area contributed by atoms with Crippen LogP contribution in [0.25, 0.3) is 16.9 Å². The van der Waals surface area contributed by atoms with Crippen molar-refractivity contribution in [2.24, 2.45) is 0 Å². The highest BCUT2D eigenvalue weighted by atomic mass is 19.1. The summed E-state index contributed by atoms with van der Waals surface area (Å²) in [5, 5.41) is 20.7. The van der Waals surface area contributed by atoms with E-state index in [1.807, 2.05) is 30.3 Å². The molecule has 3 aromatic carbocycles. The maximum Gasteiger partial charge on any atom is 0.269 e. The van der Waals surface area contributed by atoms with E-state index in [1.165, 1.54) is 31.3 Å². The number of carbonyl (C=O) groups excluding carboxylic acids is 2. The number of anilines is 1. The van der Waals surface area contributed by atoms with Gasteiger partial charge in [-0.2, -0.15) is 5.10 Å². The second-order valence-electron chi connectivity index (χ2n) is 7.59. The number of benzene rings is 3. The highest BCUT2D eigenvalue weighted by Crippen LogP contribution is 2.27. The third kappa shape index (κ3) is 5.22. The fourth-order valence-electron chi connectivity index (χ4n) is 3.53. The van der Waals surface area contributed by atoms with E-state index in [0.29, 0.717) is 16.8 Å². The number of nitro groups is 1. The van der Waals surface area contributed by atoms with Crippen LogP contribution in [0.3, 0.4) is 0 Å². The van der Waals surface area contributed by atoms with E-state index >= 15 is 0 Å². The molecule has 0 unspecified atom stereocenters. The first-order valence-electron chi connectivity index (χ1n) is 10.6. The average molecular weight is 473 g/mol. The van der Waals surface area contributed by atoms with Gasteiger partial charge in [0.15, 0.2) is 0 Å². The number of hydrogen-bond acceptors (Lipinski definition) is 5. The Hall–Kier alpha value is -4.86. The number of non-ortho nitro benzene ring substituents is 1. The predicted octanol–water partition coefficient (Wildman–Crippen LogP) is 4.13. The highest BCUT2D eigenvalue weighted by molar-refractivity contribution is 5.98. The molecule has 0 saturated carbocycles. The number of amides is 2. The topological polar surface area (TPSA) is 119 Å². The first-order chi connectivity index (χ1) is 16.9. The van der Waals surface area contributed by atoms with E-state index in [0.717, 1.165) is 11.8 Å². The number of carbonyl (C=O) groups is 2. The van der Waals surface area contributed by atoms with E-state index in [1.54, 1.807) is 23.0 Å². The summed E-state index contributed by atoms with van der Waals surface area (Å²) >= 11 is 0. The van der Waals surface area contributed by atoms with E-state index in [9.17, 15) is 24.1 Å². The zero-order chi connectivity index (χ0) is 24.9. The van der Waals surface area contributed by atoms with Crippen molar-refractivity contribution in [2.75, 3.05) is 12.4 Å². The number of rotatable bonds is 7. The minimum Gasteiger partial charge on any atom is -0.355 e. The molecule has 35 heavy (non-hydrogen) atoms. The molecule has 2 amide bonds. The molecule has 0 atom stereocenters.